The van der Waals surface area contributed by atoms with Gasteiger partial charge in [0, 0.05) is 10.6 Å². The van der Waals surface area contributed by atoms with Crippen LogP contribution in [-0.2, 0) is 4.79 Å². The van der Waals surface area contributed by atoms with Crippen molar-refractivity contribution in [2.45, 2.75) is 5.92 Å². The highest BCUT2D eigenvalue weighted by Gasteiger charge is 2.32. The molecule has 1 aliphatic heterocycles. The Morgan fingerprint density at radius 3 is 3.00 bits per heavy atom. The molecule has 0 saturated heterocycles. The fourth-order valence-corrected chi connectivity index (χ4v) is 1.67. The van der Waals surface area contributed by atoms with Crippen LogP contribution in [0.2, 0.25) is 5.02 Å². The van der Waals surface area contributed by atoms with Crippen molar-refractivity contribution in [2.24, 2.45) is 0 Å². The Morgan fingerprint density at radius 2 is 2.36 bits per heavy atom. The maximum absolute atomic E-state index is 13.2. The van der Waals surface area contributed by atoms with E-state index in [4.69, 9.17) is 21.4 Å². The van der Waals surface area contributed by atoms with E-state index in [1.165, 1.54) is 6.07 Å². The second kappa shape index (κ2) is 3.13. The molecule has 14 heavy (non-hydrogen) atoms. The van der Waals surface area contributed by atoms with Gasteiger partial charge in [0.05, 0.1) is 0 Å². The highest BCUT2D eigenvalue weighted by Crippen LogP contribution is 2.38. The van der Waals surface area contributed by atoms with E-state index in [2.05, 4.69) is 0 Å². The first-order valence-electron chi connectivity index (χ1n) is 3.94. The minimum atomic E-state index is -1.04. The van der Waals surface area contributed by atoms with E-state index < -0.39 is 17.7 Å². The van der Waals surface area contributed by atoms with Crippen LogP contribution in [0.3, 0.4) is 0 Å². The van der Waals surface area contributed by atoms with Gasteiger partial charge in [-0.2, -0.15) is 0 Å². The zero-order chi connectivity index (χ0) is 10.3. The molecule has 1 aromatic rings. The van der Waals surface area contributed by atoms with Gasteiger partial charge in [-0.05, 0) is 12.1 Å². The SMILES string of the molecule is O=C(O)C1COc2c(F)cc(Cl)cc21. The molecule has 3 nitrogen and oxygen atoms in total. The molecule has 0 radical (unpaired) electrons. The monoisotopic (exact) mass is 216 g/mol. The van der Waals surface area contributed by atoms with E-state index in [-0.39, 0.29) is 17.4 Å². The van der Waals surface area contributed by atoms with Crippen molar-refractivity contribution in [2.75, 3.05) is 6.61 Å². The summed E-state index contributed by atoms with van der Waals surface area (Å²) >= 11 is 5.61. The Labute approximate surface area is 84.1 Å². The quantitative estimate of drug-likeness (QED) is 0.782. The lowest BCUT2D eigenvalue weighted by Gasteiger charge is -2.02. The van der Waals surface area contributed by atoms with Crippen LogP contribution in [0.15, 0.2) is 12.1 Å². The predicted octanol–water partition coefficient (Wildman–Crippen LogP) is 2.04. The van der Waals surface area contributed by atoms with E-state index in [9.17, 15) is 9.18 Å². The molecular weight excluding hydrogens is 211 g/mol. The van der Waals surface area contributed by atoms with Gasteiger partial charge in [-0.3, -0.25) is 4.79 Å². The Bertz CT molecular complexity index is 405. The Morgan fingerprint density at radius 1 is 1.64 bits per heavy atom. The fraction of sp³-hybridized carbons (Fsp3) is 0.222. The molecule has 0 fully saturated rings. The summed E-state index contributed by atoms with van der Waals surface area (Å²) in [5, 5.41) is 8.97. The second-order valence-corrected chi connectivity index (χ2v) is 3.44. The van der Waals surface area contributed by atoms with Gasteiger partial charge in [0.25, 0.3) is 0 Å². The lowest BCUT2D eigenvalue weighted by Crippen LogP contribution is -2.12. The number of rotatable bonds is 1. The van der Waals surface area contributed by atoms with Gasteiger partial charge in [-0.15, -0.1) is 0 Å². The first kappa shape index (κ1) is 9.27. The molecular formula is C9H6ClFO3. The minimum Gasteiger partial charge on any atom is -0.489 e. The molecule has 1 N–H and O–H groups in total. The van der Waals surface area contributed by atoms with Crippen LogP contribution >= 0.6 is 11.6 Å². The summed E-state index contributed by atoms with van der Waals surface area (Å²) in [6, 6.07) is 2.52. The minimum absolute atomic E-state index is 0.00167. The van der Waals surface area contributed by atoms with E-state index in [0.717, 1.165) is 6.07 Å². The van der Waals surface area contributed by atoms with Crippen LogP contribution in [0.25, 0.3) is 0 Å². The van der Waals surface area contributed by atoms with Gasteiger partial charge in [0.1, 0.15) is 12.5 Å². The summed E-state index contributed by atoms with van der Waals surface area (Å²) in [6.45, 7) is -0.0398. The average Bonchev–Trinajstić information content (AvgIpc) is 2.47. The van der Waals surface area contributed by atoms with E-state index in [1.54, 1.807) is 0 Å². The standard InChI is InChI=1S/C9H6ClFO3/c10-4-1-5-6(9(12)13)3-14-8(5)7(11)2-4/h1-2,6H,3H2,(H,12,13). The molecule has 0 saturated carbocycles. The summed E-state index contributed by atoms with van der Waals surface area (Å²) < 4.78 is 18.1. The van der Waals surface area contributed by atoms with Crippen LogP contribution < -0.4 is 4.74 Å². The van der Waals surface area contributed by atoms with E-state index >= 15 is 0 Å². The highest BCUT2D eigenvalue weighted by molar-refractivity contribution is 6.30. The number of hydrogen-bond acceptors (Lipinski definition) is 2. The van der Waals surface area contributed by atoms with Crippen molar-refractivity contribution in [3.63, 3.8) is 0 Å². The molecule has 1 unspecified atom stereocenters. The third-order valence-corrected chi connectivity index (χ3v) is 2.32. The summed E-state index contributed by atoms with van der Waals surface area (Å²) in [7, 11) is 0. The Balaban J connectivity index is 2.54. The first-order chi connectivity index (χ1) is 6.59. The van der Waals surface area contributed by atoms with Gasteiger partial charge in [0.15, 0.2) is 11.6 Å². The third kappa shape index (κ3) is 1.32. The van der Waals surface area contributed by atoms with Gasteiger partial charge >= 0.3 is 5.97 Å². The molecule has 0 amide bonds. The molecule has 0 aromatic heterocycles. The number of hydrogen-bond donors (Lipinski definition) is 1. The topological polar surface area (TPSA) is 46.5 Å². The fourth-order valence-electron chi connectivity index (χ4n) is 1.45. The lowest BCUT2D eigenvalue weighted by molar-refractivity contribution is -0.138. The van der Waals surface area contributed by atoms with Crippen LogP contribution in [0.1, 0.15) is 11.5 Å². The third-order valence-electron chi connectivity index (χ3n) is 2.10. The van der Waals surface area contributed by atoms with Gasteiger partial charge < -0.3 is 9.84 Å². The number of carboxylic acids is 1. The van der Waals surface area contributed by atoms with Crippen LogP contribution in [0, 0.1) is 5.82 Å². The van der Waals surface area contributed by atoms with Crippen molar-refractivity contribution >= 4 is 17.6 Å². The van der Waals surface area contributed by atoms with E-state index in [0.29, 0.717) is 5.56 Å². The molecule has 1 heterocycles. The van der Waals surface area contributed by atoms with Crippen molar-refractivity contribution < 1.29 is 19.0 Å². The van der Waals surface area contributed by atoms with E-state index in [1.807, 2.05) is 0 Å². The normalized spacial score (nSPS) is 18.9. The molecule has 0 aliphatic carbocycles. The van der Waals surface area contributed by atoms with Crippen molar-refractivity contribution in [1.82, 2.24) is 0 Å². The molecule has 1 aliphatic rings. The summed E-state index contributed by atoms with van der Waals surface area (Å²) in [5.74, 6) is -2.47. The van der Waals surface area contributed by atoms with Crippen LogP contribution in [-0.4, -0.2) is 17.7 Å². The van der Waals surface area contributed by atoms with Gasteiger partial charge in [-0.1, -0.05) is 11.6 Å². The molecule has 5 heteroatoms. The zero-order valence-electron chi connectivity index (χ0n) is 6.96. The number of benzene rings is 1. The maximum atomic E-state index is 13.2. The van der Waals surface area contributed by atoms with Crippen molar-refractivity contribution in [3.05, 3.63) is 28.5 Å². The summed E-state index contributed by atoms with van der Waals surface area (Å²) in [5.41, 5.74) is 0.308. The van der Waals surface area contributed by atoms with Gasteiger partial charge in [0.2, 0.25) is 0 Å². The predicted molar refractivity (Wildman–Crippen MR) is 47.3 cm³/mol. The molecule has 0 bridgehead atoms. The van der Waals surface area contributed by atoms with Crippen molar-refractivity contribution in [1.29, 1.82) is 0 Å². The largest absolute Gasteiger partial charge is 0.489 e. The number of ether oxygens (including phenoxy) is 1. The van der Waals surface area contributed by atoms with Crippen LogP contribution in [0.5, 0.6) is 5.75 Å². The average molecular weight is 217 g/mol. The Hall–Kier alpha value is -1.29. The summed E-state index contributed by atoms with van der Waals surface area (Å²) in [6.07, 6.45) is 0. The number of carboxylic acid groups (broad SMARTS) is 1. The number of fused-ring (bicyclic) bond motifs is 1. The molecule has 1 aromatic carbocycles. The second-order valence-electron chi connectivity index (χ2n) is 3.01. The Kier molecular flexibility index (Phi) is 2.07. The smallest absolute Gasteiger partial charge is 0.314 e. The zero-order valence-corrected chi connectivity index (χ0v) is 7.71. The number of halogens is 2. The molecule has 0 spiro atoms. The van der Waals surface area contributed by atoms with Crippen molar-refractivity contribution in [3.8, 4) is 5.75 Å². The molecule has 74 valence electrons. The number of aliphatic carboxylic acids is 1. The highest BCUT2D eigenvalue weighted by atomic mass is 35.5. The van der Waals surface area contributed by atoms with Crippen LogP contribution in [0.4, 0.5) is 4.39 Å². The first-order valence-corrected chi connectivity index (χ1v) is 4.32. The number of carbonyl (C=O) groups is 1. The van der Waals surface area contributed by atoms with Gasteiger partial charge in [-0.25, -0.2) is 4.39 Å². The summed E-state index contributed by atoms with van der Waals surface area (Å²) in [4.78, 5) is 10.7. The molecule has 2 rings (SSSR count). The maximum Gasteiger partial charge on any atom is 0.314 e. The lowest BCUT2D eigenvalue weighted by atomic mass is 10.0. The molecule has 1 atom stereocenters.